The predicted molar refractivity (Wildman–Crippen MR) is 237 cm³/mol. The summed E-state index contributed by atoms with van der Waals surface area (Å²) >= 11 is 0. The molecule has 0 spiro atoms. The molecular weight excluding hydrogens is 715 g/mol. The van der Waals surface area contributed by atoms with Crippen LogP contribution in [-0.4, -0.2) is 71.4 Å². The highest BCUT2D eigenvalue weighted by Crippen LogP contribution is 2.29. The van der Waals surface area contributed by atoms with Gasteiger partial charge in [0.05, 0.1) is 31.3 Å². The highest BCUT2D eigenvalue weighted by atomic mass is 16.7. The number of unbranched alkanes of at least 4 members (excludes halogenated alkanes) is 29. The third-order valence-corrected chi connectivity index (χ3v) is 12.2. The number of aliphatic hydroxyl groups excluding tert-OH is 3. The van der Waals surface area contributed by atoms with Crippen LogP contribution in [0.5, 0.6) is 0 Å². The van der Waals surface area contributed by atoms with Crippen LogP contribution < -0.4 is 5.32 Å². The van der Waals surface area contributed by atoms with Crippen LogP contribution in [0, 0.1) is 11.8 Å². The van der Waals surface area contributed by atoms with Crippen LogP contribution >= 0.6 is 0 Å². The molecule has 0 aromatic heterocycles. The summed E-state index contributed by atoms with van der Waals surface area (Å²) in [7, 11) is 0. The molecule has 0 aromatic carbocycles. The van der Waals surface area contributed by atoms with E-state index in [2.05, 4.69) is 19.2 Å². The van der Waals surface area contributed by atoms with Gasteiger partial charge < -0.3 is 34.9 Å². The van der Waals surface area contributed by atoms with Crippen molar-refractivity contribution in [3.05, 3.63) is 12.2 Å². The van der Waals surface area contributed by atoms with Crippen molar-refractivity contribution in [2.45, 2.75) is 263 Å². The van der Waals surface area contributed by atoms with Crippen LogP contribution in [0.15, 0.2) is 12.2 Å². The number of carbonyl (C=O) groups is 2. The number of allylic oxidation sites excluding steroid dienone is 1. The summed E-state index contributed by atoms with van der Waals surface area (Å²) in [5, 5.41) is 34.3. The Bertz CT molecular complexity index is 931. The van der Waals surface area contributed by atoms with E-state index in [1.807, 2.05) is 19.1 Å². The van der Waals surface area contributed by atoms with Gasteiger partial charge in [-0.05, 0) is 25.7 Å². The summed E-state index contributed by atoms with van der Waals surface area (Å²) in [6.07, 6.45) is 41.4. The van der Waals surface area contributed by atoms with E-state index in [1.54, 1.807) is 0 Å². The van der Waals surface area contributed by atoms with Crippen molar-refractivity contribution in [3.8, 4) is 0 Å². The standard InChI is InChI=1S/C49H93NO7/c1-4-7-9-11-13-15-17-19-20-21-22-23-24-26-28-30-32-34-36-38-46(53)50-44(41-56-49-48(55)43(6-3)47(54)45(40-52)57-49)42(39-51)37-35-33-31-29-27-25-18-16-14-12-10-8-5-2/h35,37,39,42-45,47-49,52,54-55H,4-34,36,38,40-41H2,1-3H3,(H,50,53)/b37-35+/t42?,43-,44?,45?,47-,48?,49?/m1/s1. The number of nitrogens with one attached hydrogen (secondary N) is 1. The minimum atomic E-state index is -1.10. The summed E-state index contributed by atoms with van der Waals surface area (Å²) in [6.45, 7) is 5.96. The molecule has 0 bridgehead atoms. The molecule has 1 aliphatic heterocycles. The number of aldehydes is 1. The van der Waals surface area contributed by atoms with Gasteiger partial charge in [-0.2, -0.15) is 0 Å². The fourth-order valence-corrected chi connectivity index (χ4v) is 8.33. The molecule has 1 saturated heterocycles. The second-order valence-corrected chi connectivity index (χ2v) is 17.4. The van der Waals surface area contributed by atoms with Gasteiger partial charge in [-0.15, -0.1) is 0 Å². The van der Waals surface area contributed by atoms with E-state index in [1.165, 1.54) is 167 Å². The SMILES string of the molecule is CCCCCCCCCCCCC/C=C/C(C=O)C(COC1OC(CO)[C@H](O)[C@@H](CC)C1O)NC(=O)CCCCCCCCCCCCCCCCCCCCC. The zero-order valence-electron chi connectivity index (χ0n) is 37.5. The maximum absolute atomic E-state index is 13.1. The molecule has 0 saturated carbocycles. The van der Waals surface area contributed by atoms with Gasteiger partial charge in [0.2, 0.25) is 5.91 Å². The molecule has 1 amide bonds. The highest BCUT2D eigenvalue weighted by molar-refractivity contribution is 5.77. The quantitative estimate of drug-likeness (QED) is 0.0275. The summed E-state index contributed by atoms with van der Waals surface area (Å²) in [4.78, 5) is 25.5. The van der Waals surface area contributed by atoms with E-state index in [4.69, 9.17) is 9.47 Å². The minimum absolute atomic E-state index is 0.0382. The second kappa shape index (κ2) is 38.9. The predicted octanol–water partition coefficient (Wildman–Crippen LogP) is 11.8. The fraction of sp³-hybridized carbons (Fsp3) is 0.918. The van der Waals surface area contributed by atoms with Gasteiger partial charge >= 0.3 is 0 Å². The maximum Gasteiger partial charge on any atom is 0.220 e. The highest BCUT2D eigenvalue weighted by Gasteiger charge is 2.44. The van der Waals surface area contributed by atoms with Crippen LogP contribution in [0.1, 0.15) is 233 Å². The molecule has 0 radical (unpaired) electrons. The van der Waals surface area contributed by atoms with Gasteiger partial charge in [0.1, 0.15) is 18.5 Å². The number of aliphatic hydroxyl groups is 3. The molecule has 1 fully saturated rings. The Hall–Kier alpha value is -1.32. The average molecular weight is 808 g/mol. The zero-order valence-corrected chi connectivity index (χ0v) is 37.5. The van der Waals surface area contributed by atoms with Gasteiger partial charge in [-0.3, -0.25) is 4.79 Å². The van der Waals surface area contributed by atoms with Crippen LogP contribution in [-0.2, 0) is 19.1 Å². The van der Waals surface area contributed by atoms with E-state index in [0.717, 1.165) is 38.4 Å². The van der Waals surface area contributed by atoms with Crippen molar-refractivity contribution in [1.29, 1.82) is 0 Å². The van der Waals surface area contributed by atoms with Crippen molar-refractivity contribution >= 4 is 12.2 Å². The largest absolute Gasteiger partial charge is 0.394 e. The van der Waals surface area contributed by atoms with Crippen LogP contribution in [0.25, 0.3) is 0 Å². The van der Waals surface area contributed by atoms with Gasteiger partial charge in [-0.25, -0.2) is 0 Å². The molecule has 1 heterocycles. The number of hydrogen-bond donors (Lipinski definition) is 4. The maximum atomic E-state index is 13.1. The lowest BCUT2D eigenvalue weighted by molar-refractivity contribution is -0.291. The molecule has 7 atom stereocenters. The number of carbonyl (C=O) groups excluding carboxylic acids is 2. The smallest absolute Gasteiger partial charge is 0.220 e. The monoisotopic (exact) mass is 808 g/mol. The Morgan fingerprint density at radius 3 is 1.46 bits per heavy atom. The fourth-order valence-electron chi connectivity index (χ4n) is 8.33. The van der Waals surface area contributed by atoms with Gasteiger partial charge in [0.25, 0.3) is 0 Å². The average Bonchev–Trinajstić information content (AvgIpc) is 3.21. The molecule has 4 N–H and O–H groups in total. The molecule has 8 heteroatoms. The Labute approximate surface area is 351 Å². The zero-order chi connectivity index (χ0) is 41.6. The first-order valence-electron chi connectivity index (χ1n) is 24.6. The number of amides is 1. The third kappa shape index (κ3) is 28.0. The molecule has 336 valence electrons. The lowest BCUT2D eigenvalue weighted by Crippen LogP contribution is -2.56. The molecule has 5 unspecified atom stereocenters. The van der Waals surface area contributed by atoms with Gasteiger partial charge in [0, 0.05) is 12.3 Å². The Balaban J connectivity index is 2.42. The van der Waals surface area contributed by atoms with Crippen LogP contribution in [0.4, 0.5) is 0 Å². The van der Waals surface area contributed by atoms with E-state index in [0.29, 0.717) is 12.8 Å². The third-order valence-electron chi connectivity index (χ3n) is 12.2. The van der Waals surface area contributed by atoms with Crippen LogP contribution in [0.2, 0.25) is 0 Å². The lowest BCUT2D eigenvalue weighted by atomic mass is 9.87. The van der Waals surface area contributed by atoms with Crippen molar-refractivity contribution < 1.29 is 34.4 Å². The topological polar surface area (TPSA) is 125 Å². The minimum Gasteiger partial charge on any atom is -0.394 e. The van der Waals surface area contributed by atoms with Gasteiger partial charge in [-0.1, -0.05) is 213 Å². The molecular formula is C49H93NO7. The van der Waals surface area contributed by atoms with E-state index < -0.39 is 49.1 Å². The van der Waals surface area contributed by atoms with E-state index in [-0.39, 0.29) is 12.5 Å². The van der Waals surface area contributed by atoms with Crippen molar-refractivity contribution in [3.63, 3.8) is 0 Å². The Kier molecular flexibility index (Phi) is 36.6. The first-order valence-corrected chi connectivity index (χ1v) is 24.6. The lowest BCUT2D eigenvalue weighted by Gasteiger charge is -2.42. The van der Waals surface area contributed by atoms with Crippen molar-refractivity contribution in [2.75, 3.05) is 13.2 Å². The van der Waals surface area contributed by atoms with E-state index in [9.17, 15) is 24.9 Å². The molecule has 57 heavy (non-hydrogen) atoms. The summed E-state index contributed by atoms with van der Waals surface area (Å²) in [6, 6.07) is -0.626. The Morgan fingerprint density at radius 2 is 1.05 bits per heavy atom. The summed E-state index contributed by atoms with van der Waals surface area (Å²) in [5.41, 5.74) is 0. The number of rotatable bonds is 41. The molecule has 8 nitrogen and oxygen atoms in total. The molecule has 1 rings (SSSR count). The van der Waals surface area contributed by atoms with Gasteiger partial charge in [0.15, 0.2) is 6.29 Å². The van der Waals surface area contributed by atoms with Crippen molar-refractivity contribution in [1.82, 2.24) is 5.32 Å². The molecule has 0 aromatic rings. The first-order chi connectivity index (χ1) is 27.9. The normalized spacial score (nSPS) is 20.9. The molecule has 0 aliphatic carbocycles. The summed E-state index contributed by atoms with van der Waals surface area (Å²) < 4.78 is 11.7. The number of ether oxygens (including phenoxy) is 2. The molecule has 1 aliphatic rings. The summed E-state index contributed by atoms with van der Waals surface area (Å²) in [5.74, 6) is -1.22. The Morgan fingerprint density at radius 1 is 0.632 bits per heavy atom. The number of hydrogen-bond acceptors (Lipinski definition) is 7. The van der Waals surface area contributed by atoms with E-state index >= 15 is 0 Å². The first kappa shape index (κ1) is 53.7. The van der Waals surface area contributed by atoms with Crippen LogP contribution in [0.3, 0.4) is 0 Å². The van der Waals surface area contributed by atoms with Crippen molar-refractivity contribution in [2.24, 2.45) is 11.8 Å². The second-order valence-electron chi connectivity index (χ2n) is 17.4.